The van der Waals surface area contributed by atoms with E-state index >= 15 is 0 Å². The van der Waals surface area contributed by atoms with Crippen LogP contribution in [-0.4, -0.2) is 5.88 Å². The smallest absolute Gasteiger partial charge is 0.0333 e. The first kappa shape index (κ1) is 11.4. The molecule has 0 amide bonds. The third-order valence-electron chi connectivity index (χ3n) is 3.25. The lowest BCUT2D eigenvalue weighted by Gasteiger charge is -2.00. The summed E-state index contributed by atoms with van der Waals surface area (Å²) in [5.74, 6) is 6.85. The van der Waals surface area contributed by atoms with Crippen molar-refractivity contribution in [2.75, 3.05) is 5.88 Å². The van der Waals surface area contributed by atoms with Crippen molar-refractivity contribution in [3.63, 3.8) is 0 Å². The van der Waals surface area contributed by atoms with E-state index in [1.165, 1.54) is 22.3 Å². The van der Waals surface area contributed by atoms with Crippen molar-refractivity contribution in [3.05, 3.63) is 59.2 Å². The first-order chi connectivity index (χ1) is 8.88. The minimum absolute atomic E-state index is 0.601. The molecule has 0 bridgehead atoms. The lowest BCUT2D eigenvalue weighted by molar-refractivity contribution is 1.26. The predicted molar refractivity (Wildman–Crippen MR) is 76.9 cm³/mol. The monoisotopic (exact) mass is 252 g/mol. The van der Waals surface area contributed by atoms with Gasteiger partial charge in [-0.3, -0.25) is 0 Å². The Balaban J connectivity index is 1.97. The summed E-state index contributed by atoms with van der Waals surface area (Å²) in [5.41, 5.74) is 6.61. The summed E-state index contributed by atoms with van der Waals surface area (Å²) < 4.78 is 0. The van der Waals surface area contributed by atoms with Gasteiger partial charge in [0, 0.05) is 17.9 Å². The molecule has 0 saturated heterocycles. The second-order valence-corrected chi connectivity index (χ2v) is 4.82. The van der Waals surface area contributed by atoms with Crippen LogP contribution < -0.4 is 0 Å². The van der Waals surface area contributed by atoms with E-state index in [-0.39, 0.29) is 0 Å². The fourth-order valence-electron chi connectivity index (χ4n) is 2.43. The van der Waals surface area contributed by atoms with Crippen LogP contribution >= 0.6 is 11.6 Å². The maximum absolute atomic E-state index is 5.62. The highest BCUT2D eigenvalue weighted by molar-refractivity contribution is 6.18. The highest BCUT2D eigenvalue weighted by atomic mass is 35.5. The largest absolute Gasteiger partial charge is 0.126 e. The average Bonchev–Trinajstić information content (AvgIpc) is 2.76. The molecule has 2 aromatic carbocycles. The molecule has 1 aliphatic rings. The quantitative estimate of drug-likeness (QED) is 0.449. The van der Waals surface area contributed by atoms with E-state index < -0.39 is 0 Å². The number of alkyl halides is 1. The number of rotatable bonds is 1. The topological polar surface area (TPSA) is 0 Å². The van der Waals surface area contributed by atoms with Crippen molar-refractivity contribution in [2.24, 2.45) is 0 Å². The van der Waals surface area contributed by atoms with E-state index in [4.69, 9.17) is 11.6 Å². The van der Waals surface area contributed by atoms with Gasteiger partial charge in [-0.05, 0) is 40.8 Å². The molecule has 2 aromatic rings. The third-order valence-corrected chi connectivity index (χ3v) is 3.43. The van der Waals surface area contributed by atoms with Crippen LogP contribution in [0.25, 0.3) is 11.1 Å². The van der Waals surface area contributed by atoms with Crippen LogP contribution in [0.4, 0.5) is 0 Å². The van der Waals surface area contributed by atoms with Gasteiger partial charge in [0.1, 0.15) is 0 Å². The molecule has 0 aliphatic heterocycles. The van der Waals surface area contributed by atoms with E-state index in [0.29, 0.717) is 5.88 Å². The van der Waals surface area contributed by atoms with Crippen LogP contribution in [0.15, 0.2) is 42.5 Å². The van der Waals surface area contributed by atoms with E-state index in [9.17, 15) is 0 Å². The molecule has 0 radical (unpaired) electrons. The maximum Gasteiger partial charge on any atom is 0.0333 e. The Morgan fingerprint density at radius 1 is 1.00 bits per heavy atom. The molecule has 3 rings (SSSR count). The molecule has 1 aliphatic carbocycles. The van der Waals surface area contributed by atoms with E-state index in [0.717, 1.165) is 18.4 Å². The number of fused-ring (bicyclic) bond motifs is 3. The van der Waals surface area contributed by atoms with Gasteiger partial charge >= 0.3 is 0 Å². The van der Waals surface area contributed by atoms with Crippen LogP contribution in [0.2, 0.25) is 0 Å². The van der Waals surface area contributed by atoms with Crippen LogP contribution in [0.5, 0.6) is 0 Å². The van der Waals surface area contributed by atoms with Crippen LogP contribution in [-0.2, 0) is 6.42 Å². The Kier molecular flexibility index (Phi) is 3.09. The number of benzene rings is 2. The van der Waals surface area contributed by atoms with Crippen molar-refractivity contribution in [1.82, 2.24) is 0 Å². The van der Waals surface area contributed by atoms with E-state index in [1.807, 2.05) is 0 Å². The first-order valence-electron chi connectivity index (χ1n) is 6.14. The van der Waals surface area contributed by atoms with Gasteiger partial charge in [-0.1, -0.05) is 42.2 Å². The molecule has 0 nitrogen and oxygen atoms in total. The zero-order valence-corrected chi connectivity index (χ0v) is 10.8. The van der Waals surface area contributed by atoms with E-state index in [1.54, 1.807) is 0 Å². The Labute approximate surface area is 113 Å². The number of hydrogen-bond donors (Lipinski definition) is 0. The van der Waals surface area contributed by atoms with Gasteiger partial charge in [0.2, 0.25) is 0 Å². The van der Waals surface area contributed by atoms with Crippen molar-refractivity contribution in [1.29, 1.82) is 0 Å². The molecule has 0 aromatic heterocycles. The lowest BCUT2D eigenvalue weighted by Crippen LogP contribution is -1.82. The third kappa shape index (κ3) is 2.03. The van der Waals surface area contributed by atoms with Gasteiger partial charge in [0.25, 0.3) is 0 Å². The molecule has 0 heterocycles. The van der Waals surface area contributed by atoms with E-state index in [2.05, 4.69) is 54.3 Å². The van der Waals surface area contributed by atoms with Crippen LogP contribution in [0, 0.1) is 11.8 Å². The Bertz CT molecular complexity index is 644. The highest BCUT2D eigenvalue weighted by Crippen LogP contribution is 2.36. The summed E-state index contributed by atoms with van der Waals surface area (Å²) in [6, 6.07) is 15.1. The van der Waals surface area contributed by atoms with Gasteiger partial charge in [-0.2, -0.15) is 0 Å². The summed E-state index contributed by atoms with van der Waals surface area (Å²) in [5, 5.41) is 0. The molecular weight excluding hydrogens is 240 g/mol. The van der Waals surface area contributed by atoms with Gasteiger partial charge in [0.15, 0.2) is 0 Å². The van der Waals surface area contributed by atoms with Crippen molar-refractivity contribution < 1.29 is 0 Å². The minimum Gasteiger partial charge on any atom is -0.126 e. The Morgan fingerprint density at radius 2 is 1.83 bits per heavy atom. The second-order valence-electron chi connectivity index (χ2n) is 4.45. The summed E-state index contributed by atoms with van der Waals surface area (Å²) in [7, 11) is 0. The van der Waals surface area contributed by atoms with Crippen molar-refractivity contribution in [3.8, 4) is 23.0 Å². The first-order valence-corrected chi connectivity index (χ1v) is 6.68. The molecule has 18 heavy (non-hydrogen) atoms. The summed E-state index contributed by atoms with van der Waals surface area (Å²) >= 11 is 5.62. The Morgan fingerprint density at radius 3 is 2.72 bits per heavy atom. The maximum atomic E-state index is 5.62. The highest BCUT2D eigenvalue weighted by Gasteiger charge is 2.17. The lowest BCUT2D eigenvalue weighted by atomic mass is 10.0. The Hall–Kier alpha value is -1.71. The molecule has 88 valence electrons. The average molecular weight is 253 g/mol. The second kappa shape index (κ2) is 4.88. The molecule has 0 unspecified atom stereocenters. The molecular formula is C17H13Cl. The molecule has 0 atom stereocenters. The summed E-state index contributed by atoms with van der Waals surface area (Å²) in [6.07, 6.45) is 1.77. The molecule has 0 N–H and O–H groups in total. The molecule has 1 heteroatoms. The SMILES string of the molecule is ClCCC#Cc1ccc2c(c1)Cc1ccccc1-2. The van der Waals surface area contributed by atoms with Gasteiger partial charge in [-0.15, -0.1) is 11.6 Å². The normalized spacial score (nSPS) is 11.4. The predicted octanol–water partition coefficient (Wildman–Crippen LogP) is 4.24. The van der Waals surface area contributed by atoms with Gasteiger partial charge in [0.05, 0.1) is 0 Å². The number of hydrogen-bond acceptors (Lipinski definition) is 0. The fraction of sp³-hybridized carbons (Fsp3) is 0.176. The fourth-order valence-corrected chi connectivity index (χ4v) is 2.53. The molecule has 0 saturated carbocycles. The zero-order valence-electron chi connectivity index (χ0n) is 10.0. The van der Waals surface area contributed by atoms with Gasteiger partial charge in [-0.25, -0.2) is 0 Å². The van der Waals surface area contributed by atoms with Crippen LogP contribution in [0.1, 0.15) is 23.1 Å². The van der Waals surface area contributed by atoms with Gasteiger partial charge < -0.3 is 0 Å². The number of halogens is 1. The molecule has 0 spiro atoms. The van der Waals surface area contributed by atoms with Crippen molar-refractivity contribution in [2.45, 2.75) is 12.8 Å². The van der Waals surface area contributed by atoms with Crippen molar-refractivity contribution >= 4 is 11.6 Å². The minimum atomic E-state index is 0.601. The standard InChI is InChI=1S/C17H13Cl/c18-10-4-3-5-13-8-9-17-15(11-13)12-14-6-1-2-7-16(14)17/h1-2,6-9,11H,4,10,12H2. The molecule has 0 fully saturated rings. The zero-order chi connectivity index (χ0) is 12.4. The van der Waals surface area contributed by atoms with Crippen LogP contribution in [0.3, 0.4) is 0 Å². The summed E-state index contributed by atoms with van der Waals surface area (Å²) in [4.78, 5) is 0. The summed E-state index contributed by atoms with van der Waals surface area (Å²) in [6.45, 7) is 0.